The van der Waals surface area contributed by atoms with Crippen molar-refractivity contribution >= 4 is 5.91 Å². The van der Waals surface area contributed by atoms with Crippen LogP contribution in [0.4, 0.5) is 17.6 Å². The van der Waals surface area contributed by atoms with Crippen molar-refractivity contribution in [3.8, 4) is 0 Å². The van der Waals surface area contributed by atoms with Crippen molar-refractivity contribution in [2.75, 3.05) is 19.7 Å². The number of likely N-dealkylation sites (N-methyl/N-ethyl adjacent to an activating group) is 1. The van der Waals surface area contributed by atoms with Gasteiger partial charge in [-0.3, -0.25) is 4.79 Å². The molecule has 3 nitrogen and oxygen atoms in total. The number of aliphatic hydroxyl groups excluding tert-OH is 1. The lowest BCUT2D eigenvalue weighted by Crippen LogP contribution is -2.33. The summed E-state index contributed by atoms with van der Waals surface area (Å²) in [7, 11) is 0. The summed E-state index contributed by atoms with van der Waals surface area (Å²) in [5.41, 5.74) is -1.60. The van der Waals surface area contributed by atoms with Gasteiger partial charge >= 0.3 is 6.18 Å². The summed E-state index contributed by atoms with van der Waals surface area (Å²) in [4.78, 5) is 13.0. The largest absolute Gasteiger partial charge is 0.416 e. The standard InChI is InChI=1S/C12H13F4NO2/c1-2-17(3-4-18)11(19)8-5-9(12(14,15)16)7-10(13)6-8/h5-7,18H,2-4H2,1H3. The number of carbonyl (C=O) groups excluding carboxylic acids is 1. The van der Waals surface area contributed by atoms with Crippen LogP contribution in [0.25, 0.3) is 0 Å². The molecule has 1 N–H and O–H groups in total. The molecule has 1 amide bonds. The highest BCUT2D eigenvalue weighted by atomic mass is 19.4. The van der Waals surface area contributed by atoms with Crippen molar-refractivity contribution in [1.29, 1.82) is 0 Å². The molecule has 7 heteroatoms. The number of hydrogen-bond donors (Lipinski definition) is 1. The van der Waals surface area contributed by atoms with Gasteiger partial charge in [0.1, 0.15) is 5.82 Å². The Labute approximate surface area is 107 Å². The van der Waals surface area contributed by atoms with E-state index in [0.717, 1.165) is 11.0 Å². The van der Waals surface area contributed by atoms with Gasteiger partial charge < -0.3 is 10.0 Å². The van der Waals surface area contributed by atoms with E-state index in [2.05, 4.69) is 0 Å². The Bertz CT molecular complexity index is 460. The summed E-state index contributed by atoms with van der Waals surface area (Å²) in [5.74, 6) is -1.88. The molecule has 0 heterocycles. The monoisotopic (exact) mass is 279 g/mol. The van der Waals surface area contributed by atoms with E-state index in [-0.39, 0.29) is 25.3 Å². The van der Waals surface area contributed by atoms with Gasteiger partial charge in [0, 0.05) is 18.7 Å². The zero-order valence-electron chi connectivity index (χ0n) is 10.2. The first-order valence-corrected chi connectivity index (χ1v) is 5.57. The average molecular weight is 279 g/mol. The molecular formula is C12H13F4NO2. The lowest BCUT2D eigenvalue weighted by atomic mass is 10.1. The lowest BCUT2D eigenvalue weighted by Gasteiger charge is -2.20. The van der Waals surface area contributed by atoms with Crippen molar-refractivity contribution in [3.05, 3.63) is 35.1 Å². The van der Waals surface area contributed by atoms with Gasteiger partial charge in [-0.1, -0.05) is 0 Å². The van der Waals surface area contributed by atoms with Gasteiger partial charge in [-0.15, -0.1) is 0 Å². The fourth-order valence-electron chi connectivity index (χ4n) is 1.58. The molecule has 0 aliphatic carbocycles. The third-order valence-corrected chi connectivity index (χ3v) is 2.51. The predicted molar refractivity (Wildman–Crippen MR) is 60.1 cm³/mol. The fraction of sp³-hybridized carbons (Fsp3) is 0.417. The zero-order chi connectivity index (χ0) is 14.6. The Morgan fingerprint density at radius 2 is 1.95 bits per heavy atom. The second kappa shape index (κ2) is 6.01. The molecule has 1 aromatic carbocycles. The van der Waals surface area contributed by atoms with Gasteiger partial charge in [-0.2, -0.15) is 13.2 Å². The minimum Gasteiger partial charge on any atom is -0.395 e. The Morgan fingerprint density at radius 1 is 1.32 bits per heavy atom. The van der Waals surface area contributed by atoms with Crippen LogP contribution in [-0.2, 0) is 6.18 Å². The molecule has 0 aliphatic rings. The third kappa shape index (κ3) is 3.92. The van der Waals surface area contributed by atoms with Crippen LogP contribution in [0.5, 0.6) is 0 Å². The molecule has 0 fully saturated rings. The first-order valence-electron chi connectivity index (χ1n) is 5.57. The zero-order valence-corrected chi connectivity index (χ0v) is 10.2. The van der Waals surface area contributed by atoms with Crippen LogP contribution in [-0.4, -0.2) is 35.6 Å². The first kappa shape index (κ1) is 15.4. The second-order valence-corrected chi connectivity index (χ2v) is 3.83. The van der Waals surface area contributed by atoms with Crippen LogP contribution < -0.4 is 0 Å². The van der Waals surface area contributed by atoms with Gasteiger partial charge in [-0.25, -0.2) is 4.39 Å². The number of amides is 1. The molecule has 0 aliphatic heterocycles. The molecule has 0 bridgehead atoms. The Hall–Kier alpha value is -1.63. The van der Waals surface area contributed by atoms with Crippen molar-refractivity contribution in [3.63, 3.8) is 0 Å². The Balaban J connectivity index is 3.13. The van der Waals surface area contributed by atoms with Crippen LogP contribution in [0.15, 0.2) is 18.2 Å². The molecule has 0 atom stereocenters. The SMILES string of the molecule is CCN(CCO)C(=O)c1cc(F)cc(C(F)(F)F)c1. The number of nitrogens with zero attached hydrogens (tertiary/aromatic N) is 1. The van der Waals surface area contributed by atoms with Gasteiger partial charge in [0.05, 0.1) is 12.2 Å². The molecule has 0 aromatic heterocycles. The van der Waals surface area contributed by atoms with E-state index in [1.54, 1.807) is 6.92 Å². The average Bonchev–Trinajstić information content (AvgIpc) is 2.33. The topological polar surface area (TPSA) is 40.5 Å². The fourth-order valence-corrected chi connectivity index (χ4v) is 1.58. The summed E-state index contributed by atoms with van der Waals surface area (Å²) in [6.07, 6.45) is -4.72. The molecule has 0 radical (unpaired) electrons. The number of carbonyl (C=O) groups is 1. The van der Waals surface area contributed by atoms with E-state index in [1.807, 2.05) is 0 Å². The number of hydrogen-bond acceptors (Lipinski definition) is 2. The molecule has 0 saturated carbocycles. The van der Waals surface area contributed by atoms with Gasteiger partial charge in [-0.05, 0) is 25.1 Å². The van der Waals surface area contributed by atoms with E-state index in [1.165, 1.54) is 0 Å². The molecule has 1 rings (SSSR count). The van der Waals surface area contributed by atoms with Gasteiger partial charge in [0.15, 0.2) is 0 Å². The molecule has 19 heavy (non-hydrogen) atoms. The predicted octanol–water partition coefficient (Wildman–Crippen LogP) is 2.30. The molecule has 1 aromatic rings. The summed E-state index contributed by atoms with van der Waals surface area (Å²) in [6.45, 7) is 1.48. The van der Waals surface area contributed by atoms with Crippen LogP contribution in [0.1, 0.15) is 22.8 Å². The summed E-state index contributed by atoms with van der Waals surface area (Å²) >= 11 is 0. The van der Waals surface area contributed by atoms with Crippen molar-refractivity contribution < 1.29 is 27.5 Å². The van der Waals surface area contributed by atoms with Crippen LogP contribution >= 0.6 is 0 Å². The van der Waals surface area contributed by atoms with E-state index < -0.39 is 23.5 Å². The smallest absolute Gasteiger partial charge is 0.395 e. The number of rotatable bonds is 4. The quantitative estimate of drug-likeness (QED) is 0.859. The van der Waals surface area contributed by atoms with E-state index in [9.17, 15) is 22.4 Å². The number of alkyl halides is 3. The highest BCUT2D eigenvalue weighted by Gasteiger charge is 2.32. The molecule has 0 saturated heterocycles. The second-order valence-electron chi connectivity index (χ2n) is 3.83. The number of halogens is 4. The van der Waals surface area contributed by atoms with Crippen molar-refractivity contribution in [2.24, 2.45) is 0 Å². The van der Waals surface area contributed by atoms with E-state index >= 15 is 0 Å². The maximum absolute atomic E-state index is 13.2. The number of benzene rings is 1. The minimum absolute atomic E-state index is 0.0206. The van der Waals surface area contributed by atoms with Crippen molar-refractivity contribution in [1.82, 2.24) is 4.90 Å². The summed E-state index contributed by atoms with van der Waals surface area (Å²) < 4.78 is 50.7. The normalized spacial score (nSPS) is 11.5. The highest BCUT2D eigenvalue weighted by molar-refractivity contribution is 5.94. The van der Waals surface area contributed by atoms with Crippen LogP contribution in [0.2, 0.25) is 0 Å². The van der Waals surface area contributed by atoms with Gasteiger partial charge in [0.25, 0.3) is 5.91 Å². The Kier molecular flexibility index (Phi) is 4.88. The molecule has 0 spiro atoms. The molecule has 106 valence electrons. The number of aliphatic hydroxyl groups is 1. The van der Waals surface area contributed by atoms with E-state index in [4.69, 9.17) is 5.11 Å². The first-order chi connectivity index (χ1) is 8.79. The van der Waals surface area contributed by atoms with Gasteiger partial charge in [0.2, 0.25) is 0 Å². The maximum Gasteiger partial charge on any atom is 0.416 e. The minimum atomic E-state index is -4.72. The molecule has 0 unspecified atom stereocenters. The summed E-state index contributed by atoms with van der Waals surface area (Å²) in [5, 5.41) is 8.75. The molecular weight excluding hydrogens is 266 g/mol. The summed E-state index contributed by atoms with van der Waals surface area (Å²) in [6, 6.07) is 1.68. The van der Waals surface area contributed by atoms with Crippen LogP contribution in [0.3, 0.4) is 0 Å². The van der Waals surface area contributed by atoms with E-state index in [0.29, 0.717) is 12.1 Å². The van der Waals surface area contributed by atoms with Crippen molar-refractivity contribution in [2.45, 2.75) is 13.1 Å². The highest BCUT2D eigenvalue weighted by Crippen LogP contribution is 2.30. The Morgan fingerprint density at radius 3 is 2.42 bits per heavy atom. The van der Waals surface area contributed by atoms with Crippen LogP contribution in [0, 0.1) is 5.82 Å². The maximum atomic E-state index is 13.2. The third-order valence-electron chi connectivity index (χ3n) is 2.51. The lowest BCUT2D eigenvalue weighted by molar-refractivity contribution is -0.137.